The van der Waals surface area contributed by atoms with E-state index in [0.717, 1.165) is 0 Å². The van der Waals surface area contributed by atoms with Gasteiger partial charge in [0.25, 0.3) is 0 Å². The van der Waals surface area contributed by atoms with Crippen LogP contribution in [-0.4, -0.2) is 32.7 Å². The van der Waals surface area contributed by atoms with Crippen LogP contribution >= 0.6 is 0 Å². The van der Waals surface area contributed by atoms with Crippen molar-refractivity contribution in [3.63, 3.8) is 0 Å². The molecule has 7 nitrogen and oxygen atoms in total. The van der Waals surface area contributed by atoms with Crippen LogP contribution in [-0.2, 0) is 6.54 Å². The van der Waals surface area contributed by atoms with Gasteiger partial charge in [-0.15, -0.1) is 10.2 Å². The van der Waals surface area contributed by atoms with E-state index in [2.05, 4.69) is 15.4 Å². The summed E-state index contributed by atoms with van der Waals surface area (Å²) in [5, 5.41) is 12.1. The molecule has 0 unspecified atom stereocenters. The van der Waals surface area contributed by atoms with Gasteiger partial charge in [0.2, 0.25) is 11.7 Å². The number of nitrogens with zero attached hydrogens (tertiary/aromatic N) is 4. The highest BCUT2D eigenvalue weighted by atomic mass is 19.1. The first-order chi connectivity index (χ1) is 11.6. The molecule has 8 heteroatoms. The molecular weight excluding hydrogens is 313 g/mol. The van der Waals surface area contributed by atoms with Gasteiger partial charge in [-0.3, -0.25) is 4.79 Å². The predicted octanol–water partition coefficient (Wildman–Crippen LogP) is 1.66. The van der Waals surface area contributed by atoms with Gasteiger partial charge in [-0.2, -0.15) is 4.80 Å². The van der Waals surface area contributed by atoms with Crippen molar-refractivity contribution in [1.29, 1.82) is 0 Å². The number of ether oxygens (including phenoxy) is 1. The Labute approximate surface area is 136 Å². The molecule has 3 rings (SSSR count). The highest BCUT2D eigenvalue weighted by Crippen LogP contribution is 2.16. The molecule has 122 valence electrons. The lowest BCUT2D eigenvalue weighted by molar-refractivity contribution is 0.100. The van der Waals surface area contributed by atoms with Crippen LogP contribution in [0.15, 0.2) is 48.5 Å². The van der Waals surface area contributed by atoms with E-state index in [1.165, 1.54) is 10.9 Å². The zero-order chi connectivity index (χ0) is 16.9. The second kappa shape index (κ2) is 6.86. The SMILES string of the molecule is NC(=O)c1ccc(-c2nnn(CCOc3ccccc3F)n2)cc1. The zero-order valence-electron chi connectivity index (χ0n) is 12.6. The largest absolute Gasteiger partial charge is 0.489 e. The number of nitrogens with two attached hydrogens (primary N) is 1. The molecule has 3 aromatic rings. The van der Waals surface area contributed by atoms with Gasteiger partial charge in [0.1, 0.15) is 6.61 Å². The summed E-state index contributed by atoms with van der Waals surface area (Å²) in [6, 6.07) is 12.7. The molecule has 0 aliphatic heterocycles. The minimum Gasteiger partial charge on any atom is -0.489 e. The van der Waals surface area contributed by atoms with E-state index < -0.39 is 11.7 Å². The number of aromatic nitrogens is 4. The second-order valence-electron chi connectivity index (χ2n) is 4.93. The van der Waals surface area contributed by atoms with Crippen molar-refractivity contribution in [2.24, 2.45) is 5.73 Å². The molecule has 2 aromatic carbocycles. The maximum absolute atomic E-state index is 13.4. The summed E-state index contributed by atoms with van der Waals surface area (Å²) in [5.74, 6) is -0.320. The Kier molecular flexibility index (Phi) is 4.46. The summed E-state index contributed by atoms with van der Waals surface area (Å²) in [6.07, 6.45) is 0. The van der Waals surface area contributed by atoms with Crippen LogP contribution in [0.2, 0.25) is 0 Å². The Balaban J connectivity index is 1.61. The van der Waals surface area contributed by atoms with Crippen LogP contribution in [0.4, 0.5) is 4.39 Å². The van der Waals surface area contributed by atoms with Crippen molar-refractivity contribution in [3.8, 4) is 17.1 Å². The number of hydrogen-bond donors (Lipinski definition) is 1. The van der Waals surface area contributed by atoms with Gasteiger partial charge < -0.3 is 10.5 Å². The molecule has 0 saturated carbocycles. The molecule has 0 saturated heterocycles. The van der Waals surface area contributed by atoms with Crippen molar-refractivity contribution in [2.75, 3.05) is 6.61 Å². The fourth-order valence-electron chi connectivity index (χ4n) is 2.04. The molecule has 1 aromatic heterocycles. The molecule has 0 atom stereocenters. The average Bonchev–Trinajstić information content (AvgIpc) is 3.05. The van der Waals surface area contributed by atoms with E-state index in [-0.39, 0.29) is 12.4 Å². The first-order valence-corrected chi connectivity index (χ1v) is 7.19. The summed E-state index contributed by atoms with van der Waals surface area (Å²) >= 11 is 0. The van der Waals surface area contributed by atoms with Crippen LogP contribution in [0, 0.1) is 5.82 Å². The van der Waals surface area contributed by atoms with Crippen LogP contribution in [0.3, 0.4) is 0 Å². The molecule has 0 aliphatic carbocycles. The van der Waals surface area contributed by atoms with Gasteiger partial charge >= 0.3 is 0 Å². The van der Waals surface area contributed by atoms with Gasteiger partial charge in [-0.05, 0) is 29.5 Å². The van der Waals surface area contributed by atoms with Crippen LogP contribution in [0.25, 0.3) is 11.4 Å². The van der Waals surface area contributed by atoms with E-state index in [0.29, 0.717) is 23.5 Å². The Morgan fingerprint density at radius 3 is 2.62 bits per heavy atom. The van der Waals surface area contributed by atoms with Crippen molar-refractivity contribution >= 4 is 5.91 Å². The van der Waals surface area contributed by atoms with Gasteiger partial charge in [0.05, 0.1) is 6.54 Å². The van der Waals surface area contributed by atoms with Crippen molar-refractivity contribution < 1.29 is 13.9 Å². The van der Waals surface area contributed by atoms with Crippen LogP contribution in [0.1, 0.15) is 10.4 Å². The number of halogens is 1. The molecule has 2 N–H and O–H groups in total. The predicted molar refractivity (Wildman–Crippen MR) is 83.7 cm³/mol. The van der Waals surface area contributed by atoms with E-state index in [1.807, 2.05) is 0 Å². The number of tetrazole rings is 1. The molecule has 0 bridgehead atoms. The minimum atomic E-state index is -0.497. The summed E-state index contributed by atoms with van der Waals surface area (Å²) in [5.41, 5.74) is 6.31. The quantitative estimate of drug-likeness (QED) is 0.743. The lowest BCUT2D eigenvalue weighted by Gasteiger charge is -2.05. The van der Waals surface area contributed by atoms with E-state index in [9.17, 15) is 9.18 Å². The number of amides is 1. The fourth-order valence-corrected chi connectivity index (χ4v) is 2.04. The van der Waals surface area contributed by atoms with Gasteiger partial charge in [-0.25, -0.2) is 4.39 Å². The second-order valence-corrected chi connectivity index (χ2v) is 4.93. The first kappa shape index (κ1) is 15.6. The van der Waals surface area contributed by atoms with Crippen LogP contribution in [0.5, 0.6) is 5.75 Å². The number of benzene rings is 2. The Hall–Kier alpha value is -3.29. The lowest BCUT2D eigenvalue weighted by Crippen LogP contribution is -2.11. The molecule has 0 spiro atoms. The Morgan fingerprint density at radius 1 is 1.17 bits per heavy atom. The third kappa shape index (κ3) is 3.54. The minimum absolute atomic E-state index is 0.180. The van der Waals surface area contributed by atoms with Crippen molar-refractivity contribution in [3.05, 3.63) is 59.9 Å². The number of para-hydroxylation sites is 1. The summed E-state index contributed by atoms with van der Waals surface area (Å²) in [7, 11) is 0. The normalized spacial score (nSPS) is 10.5. The van der Waals surface area contributed by atoms with E-state index in [1.54, 1.807) is 42.5 Å². The fraction of sp³-hybridized carbons (Fsp3) is 0.125. The molecule has 1 heterocycles. The molecular formula is C16H14FN5O2. The maximum atomic E-state index is 13.4. The molecule has 0 aliphatic rings. The van der Waals surface area contributed by atoms with Crippen molar-refractivity contribution in [1.82, 2.24) is 20.2 Å². The Morgan fingerprint density at radius 2 is 1.92 bits per heavy atom. The van der Waals surface area contributed by atoms with Crippen molar-refractivity contribution in [2.45, 2.75) is 6.54 Å². The maximum Gasteiger partial charge on any atom is 0.248 e. The highest BCUT2D eigenvalue weighted by Gasteiger charge is 2.08. The molecule has 0 fully saturated rings. The number of hydrogen-bond acceptors (Lipinski definition) is 5. The van der Waals surface area contributed by atoms with Crippen LogP contribution < -0.4 is 10.5 Å². The molecule has 24 heavy (non-hydrogen) atoms. The third-order valence-electron chi connectivity index (χ3n) is 3.27. The van der Waals surface area contributed by atoms with E-state index in [4.69, 9.17) is 10.5 Å². The zero-order valence-corrected chi connectivity index (χ0v) is 12.6. The summed E-state index contributed by atoms with van der Waals surface area (Å²) in [4.78, 5) is 12.4. The Bertz CT molecular complexity index is 848. The van der Waals surface area contributed by atoms with E-state index >= 15 is 0 Å². The topological polar surface area (TPSA) is 95.9 Å². The smallest absolute Gasteiger partial charge is 0.248 e. The van der Waals surface area contributed by atoms with Gasteiger partial charge in [0.15, 0.2) is 11.6 Å². The number of primary amides is 1. The molecule has 1 amide bonds. The number of carbonyl (C=O) groups is 1. The molecule has 0 radical (unpaired) electrons. The summed E-state index contributed by atoms with van der Waals surface area (Å²) in [6.45, 7) is 0.526. The monoisotopic (exact) mass is 327 g/mol. The van der Waals surface area contributed by atoms with Gasteiger partial charge in [0, 0.05) is 11.1 Å². The van der Waals surface area contributed by atoms with Gasteiger partial charge in [-0.1, -0.05) is 24.3 Å². The standard InChI is InChI=1S/C16H14FN5O2/c17-13-3-1-2-4-14(13)24-10-9-22-20-16(19-21-22)12-7-5-11(6-8-12)15(18)23/h1-8H,9-10H2,(H2,18,23). The summed E-state index contributed by atoms with van der Waals surface area (Å²) < 4.78 is 18.8. The highest BCUT2D eigenvalue weighted by molar-refractivity contribution is 5.93. The number of carbonyl (C=O) groups excluding carboxylic acids is 1. The first-order valence-electron chi connectivity index (χ1n) is 7.19. The lowest BCUT2D eigenvalue weighted by atomic mass is 10.1. The number of rotatable bonds is 6. The average molecular weight is 327 g/mol. The third-order valence-corrected chi connectivity index (χ3v) is 3.27.